The molecule has 0 radical (unpaired) electrons. The number of carbonyl (C=O) groups is 5. The summed E-state index contributed by atoms with van der Waals surface area (Å²) in [5.41, 5.74) is 10.8. The average Bonchev–Trinajstić information content (AvgIpc) is 0.792. The van der Waals surface area contributed by atoms with Crippen molar-refractivity contribution in [2.45, 2.75) is 154 Å². The number of benzene rings is 7. The highest BCUT2D eigenvalue weighted by atomic mass is 28.4. The molecule has 5 N–H and O–H groups in total. The number of carbonyl (C=O) groups excluding carboxylic acids is 4. The van der Waals surface area contributed by atoms with E-state index in [-0.39, 0.29) is 45.8 Å². The number of carboxylic acids is 1. The Kier molecular flexibility index (Phi) is 25.0. The Balaban J connectivity index is 0.000000244. The molecule has 2 amide bonds. The van der Waals surface area contributed by atoms with Crippen molar-refractivity contribution in [3.05, 3.63) is 240 Å². The molecule has 0 heterocycles. The van der Waals surface area contributed by atoms with Crippen LogP contribution in [0, 0.1) is 0 Å². The van der Waals surface area contributed by atoms with Gasteiger partial charge in [0.2, 0.25) is 0 Å². The molecule has 0 aliphatic carbocycles. The Morgan fingerprint density at radius 3 is 0.942 bits per heavy atom. The molecule has 3 atom stereocenters. The largest absolute Gasteiger partial charge is 0.512 e. The first-order valence-electron chi connectivity index (χ1n) is 29.2. The van der Waals surface area contributed by atoms with Gasteiger partial charge >= 0.3 is 30.1 Å². The number of rotatable bonds is 19. The van der Waals surface area contributed by atoms with Gasteiger partial charge in [-0.25, -0.2) is 14.4 Å². The lowest BCUT2D eigenvalue weighted by atomic mass is 10.1. The molecule has 0 unspecified atom stereocenters. The van der Waals surface area contributed by atoms with E-state index in [1.165, 1.54) is 0 Å². The van der Waals surface area contributed by atoms with Crippen LogP contribution in [0.2, 0.25) is 20.2 Å². The first-order chi connectivity index (χ1) is 40.6. The lowest BCUT2D eigenvalue weighted by molar-refractivity contribution is -0.139. The third-order valence-corrected chi connectivity index (χ3v) is 26.6. The van der Waals surface area contributed by atoms with E-state index in [1.807, 2.05) is 188 Å². The number of nitrogens with one attached hydrogen (secondary N) is 2. The van der Waals surface area contributed by atoms with Gasteiger partial charge < -0.3 is 39.8 Å². The van der Waals surface area contributed by atoms with Crippen molar-refractivity contribution in [2.75, 3.05) is 0 Å². The summed E-state index contributed by atoms with van der Waals surface area (Å²) >= 11 is 0. The molecule has 7 aromatic rings. The van der Waals surface area contributed by atoms with Crippen LogP contribution in [0.5, 0.6) is 0 Å². The number of amides is 2. The molecule has 0 fully saturated rings. The second-order valence-electron chi connectivity index (χ2n) is 25.5. The molecule has 86 heavy (non-hydrogen) atoms. The monoisotopic (exact) mass is 1200 g/mol. The lowest BCUT2D eigenvalue weighted by Gasteiger charge is -2.50. The summed E-state index contributed by atoms with van der Waals surface area (Å²) in [5.74, 6) is -1.85. The fraction of sp³-hybridized carbons (Fsp3) is 0.338. The van der Waals surface area contributed by atoms with Crippen molar-refractivity contribution in [3.63, 3.8) is 0 Å². The van der Waals surface area contributed by atoms with Gasteiger partial charge in [0.1, 0.15) is 31.3 Å². The van der Waals surface area contributed by atoms with Crippen LogP contribution in [0.4, 0.5) is 9.59 Å². The highest BCUT2D eigenvalue weighted by molar-refractivity contribution is 6.93. The summed E-state index contributed by atoms with van der Waals surface area (Å²) in [4.78, 5) is 62.9. The summed E-state index contributed by atoms with van der Waals surface area (Å²) in [7, 11) is -5.73. The fourth-order valence-electron chi connectivity index (χ4n) is 11.4. The minimum absolute atomic E-state index is 0.102. The van der Waals surface area contributed by atoms with E-state index >= 15 is 0 Å². The van der Waals surface area contributed by atoms with Crippen LogP contribution in [0.15, 0.2) is 212 Å². The van der Waals surface area contributed by atoms with E-state index in [0.29, 0.717) is 12.8 Å². The number of nitrogens with two attached hydrogens (primary N) is 1. The summed E-state index contributed by atoms with van der Waals surface area (Å²) < 4.78 is 23.6. The van der Waals surface area contributed by atoms with Gasteiger partial charge in [0.15, 0.2) is 0 Å². The average molecular weight is 1200 g/mol. The second kappa shape index (κ2) is 31.3. The molecule has 7 rings (SSSR count). The molecular formula is C71H89N3O10Si2. The maximum atomic E-state index is 14.0. The van der Waals surface area contributed by atoms with E-state index in [1.54, 1.807) is 0 Å². The van der Waals surface area contributed by atoms with E-state index in [0.717, 1.165) is 38.2 Å². The van der Waals surface area contributed by atoms with Gasteiger partial charge in [-0.1, -0.05) is 295 Å². The molecule has 15 heteroatoms. The standard InChI is InChI=1S/C31H39NO4Si.C23H33NO2Si.C17H17NO4/c1-30(2,3)37(31(4,5)6,26-20-14-9-15-21-26)36-28(33)27(22-24-16-10-7-11-17-24)32-29(34)35-23-25-18-12-8-13-19-25;1-22(2,3)27(23(4,5)6,19-15-11-8-12-16-19)26-21(25)20(24)17-18-13-9-7-10-14-18;19-16(20)15(11-13-7-3-1-4-8-13)18-17(21)22-12-14-9-5-2-6-10-14/h7-21,27H,22-23H2,1-6H3,(H,32,34);7-16,20H,17,24H2,1-6H3;1-10,15H,11-12H2,(H,18,21)(H,19,20)/t27-;20-;15-/m000/s1. The molecular weight excluding hydrogens is 1110 g/mol. The zero-order valence-electron chi connectivity index (χ0n) is 52.2. The predicted molar refractivity (Wildman–Crippen MR) is 348 cm³/mol. The van der Waals surface area contributed by atoms with Crippen LogP contribution in [-0.2, 0) is 65.2 Å². The highest BCUT2D eigenvalue weighted by Crippen LogP contribution is 2.52. The topological polar surface area (TPSA) is 193 Å². The molecule has 0 saturated heterocycles. The van der Waals surface area contributed by atoms with Crippen LogP contribution >= 0.6 is 0 Å². The second-order valence-corrected chi connectivity index (χ2v) is 35.8. The fourth-order valence-corrected chi connectivity index (χ4v) is 23.0. The van der Waals surface area contributed by atoms with Crippen molar-refractivity contribution < 1.29 is 47.4 Å². The highest BCUT2D eigenvalue weighted by Gasteiger charge is 2.61. The lowest BCUT2D eigenvalue weighted by Crippen LogP contribution is -2.66. The summed E-state index contributed by atoms with van der Waals surface area (Å²) in [5, 5.41) is 15.6. The molecule has 0 spiro atoms. The van der Waals surface area contributed by atoms with Gasteiger partial charge in [-0.3, -0.25) is 9.59 Å². The molecule has 13 nitrogen and oxygen atoms in total. The van der Waals surface area contributed by atoms with E-state index in [4.69, 9.17) is 24.1 Å². The van der Waals surface area contributed by atoms with E-state index in [9.17, 15) is 29.1 Å². The van der Waals surface area contributed by atoms with Crippen molar-refractivity contribution >= 4 is 57.1 Å². The van der Waals surface area contributed by atoms with Crippen molar-refractivity contribution in [1.29, 1.82) is 0 Å². The van der Waals surface area contributed by atoms with Gasteiger partial charge in [-0.2, -0.15) is 0 Å². The van der Waals surface area contributed by atoms with Crippen LogP contribution in [0.3, 0.4) is 0 Å². The zero-order chi connectivity index (χ0) is 63.2. The van der Waals surface area contributed by atoms with E-state index in [2.05, 4.69) is 118 Å². The number of hydrogen-bond acceptors (Lipinski definition) is 10. The minimum atomic E-state index is -2.98. The summed E-state index contributed by atoms with van der Waals surface area (Å²) in [6, 6.07) is 64.9. The maximum Gasteiger partial charge on any atom is 0.408 e. The molecule has 0 aliphatic heterocycles. The van der Waals surface area contributed by atoms with Gasteiger partial charge in [0.25, 0.3) is 16.6 Å². The summed E-state index contributed by atoms with van der Waals surface area (Å²) in [6.07, 6.45) is -0.412. The van der Waals surface area contributed by atoms with Crippen molar-refractivity contribution in [3.8, 4) is 0 Å². The first-order valence-corrected chi connectivity index (χ1v) is 33.0. The quantitative estimate of drug-likeness (QED) is 0.0563. The predicted octanol–water partition coefficient (Wildman–Crippen LogP) is 13.7. The molecule has 0 bridgehead atoms. The Morgan fingerprint density at radius 1 is 0.384 bits per heavy atom. The number of alkyl carbamates (subject to hydrolysis) is 2. The SMILES string of the molecule is CC(C)(C)[Si](OC(=O)[C@@H](N)Cc1ccccc1)(c1ccccc1)C(C)(C)C.CC(C)(C)[Si](OC(=O)[C@H](Cc1ccccc1)NC(=O)OCc1ccccc1)(c1ccccc1)C(C)(C)C.O=C(N[C@@H](Cc1ccccc1)C(=O)O)OCc1ccccc1. The molecule has 0 aromatic heterocycles. The zero-order valence-corrected chi connectivity index (χ0v) is 54.2. The number of hydrogen-bond donors (Lipinski definition) is 4. The normalized spacial score (nSPS) is 12.8. The third kappa shape index (κ3) is 19.5. The molecule has 7 aromatic carbocycles. The molecule has 0 aliphatic rings. The Labute approximate surface area is 512 Å². The first kappa shape index (κ1) is 68.7. The van der Waals surface area contributed by atoms with Gasteiger partial charge in [-0.15, -0.1) is 0 Å². The number of ether oxygens (including phenoxy) is 2. The van der Waals surface area contributed by atoms with Gasteiger partial charge in [0, 0.05) is 12.8 Å². The number of carboxylic acid groups (broad SMARTS) is 1. The Bertz CT molecular complexity index is 3160. The van der Waals surface area contributed by atoms with Crippen LogP contribution in [0.1, 0.15) is 111 Å². The Hall–Kier alpha value is -8.12. The van der Waals surface area contributed by atoms with Gasteiger partial charge in [-0.05, 0) is 64.8 Å². The third-order valence-electron chi connectivity index (χ3n) is 14.9. The van der Waals surface area contributed by atoms with Crippen molar-refractivity contribution in [1.82, 2.24) is 10.6 Å². The van der Waals surface area contributed by atoms with Crippen molar-refractivity contribution in [2.24, 2.45) is 5.73 Å². The maximum absolute atomic E-state index is 14.0. The van der Waals surface area contributed by atoms with Crippen LogP contribution in [-0.4, -0.2) is 70.0 Å². The van der Waals surface area contributed by atoms with Crippen LogP contribution in [0.25, 0.3) is 0 Å². The Morgan fingerprint density at radius 2 is 0.640 bits per heavy atom. The van der Waals surface area contributed by atoms with Gasteiger partial charge in [0.05, 0.1) is 0 Å². The molecule has 456 valence electrons. The minimum Gasteiger partial charge on any atom is -0.512 e. The van der Waals surface area contributed by atoms with Crippen LogP contribution < -0.4 is 26.7 Å². The smallest absolute Gasteiger partial charge is 0.408 e. The molecule has 0 saturated carbocycles. The van der Waals surface area contributed by atoms with E-state index < -0.39 is 58.9 Å². The summed E-state index contributed by atoms with van der Waals surface area (Å²) in [6.45, 7) is 26.1. The number of aliphatic carboxylic acids is 1.